The topological polar surface area (TPSA) is 84.9 Å². The Morgan fingerprint density at radius 1 is 0.969 bits per heavy atom. The number of hydrogen-bond acceptors (Lipinski definition) is 4. The average molecular weight is 496 g/mol. The summed E-state index contributed by atoms with van der Waals surface area (Å²) >= 11 is 3.43. The van der Waals surface area contributed by atoms with Crippen LogP contribution < -0.4 is 14.8 Å². The molecule has 0 fully saturated rings. The molecule has 0 heterocycles. The average Bonchev–Trinajstić information content (AvgIpc) is 2.80. The standard InChI is InChI=1S/C25H22BrNO5/c1-31-19-11-6-17(7-12-19)10-15-24(28)27-22(25(29)30)16-18-8-13-20(14-9-18)32-23-5-3-2-4-21(23)26/h2-9,11-14,16H,10,15H2,1H3,(H,27,28)(H,29,30). The van der Waals surface area contributed by atoms with Crippen LogP contribution in [0.4, 0.5) is 0 Å². The van der Waals surface area contributed by atoms with Gasteiger partial charge in [-0.2, -0.15) is 0 Å². The lowest BCUT2D eigenvalue weighted by molar-refractivity contribution is -0.134. The zero-order valence-corrected chi connectivity index (χ0v) is 19.0. The van der Waals surface area contributed by atoms with Crippen molar-refractivity contribution in [1.29, 1.82) is 0 Å². The number of hydrogen-bond donors (Lipinski definition) is 2. The van der Waals surface area contributed by atoms with E-state index in [1.807, 2.05) is 48.5 Å². The molecule has 3 aromatic rings. The van der Waals surface area contributed by atoms with E-state index in [1.54, 1.807) is 31.4 Å². The first kappa shape index (κ1) is 23.1. The minimum atomic E-state index is -1.21. The maximum Gasteiger partial charge on any atom is 0.352 e. The van der Waals surface area contributed by atoms with Crippen LogP contribution in [0.3, 0.4) is 0 Å². The Bertz CT molecular complexity index is 1110. The van der Waals surface area contributed by atoms with Crippen LogP contribution in [0.15, 0.2) is 83.0 Å². The lowest BCUT2D eigenvalue weighted by Gasteiger charge is -2.09. The molecule has 164 valence electrons. The first-order valence-corrected chi connectivity index (χ1v) is 10.6. The van der Waals surface area contributed by atoms with Gasteiger partial charge in [0.1, 0.15) is 22.9 Å². The third-order valence-corrected chi connectivity index (χ3v) is 5.21. The molecular weight excluding hydrogens is 474 g/mol. The largest absolute Gasteiger partial charge is 0.497 e. The van der Waals surface area contributed by atoms with E-state index in [4.69, 9.17) is 9.47 Å². The summed E-state index contributed by atoms with van der Waals surface area (Å²) in [5.74, 6) is 0.433. The van der Waals surface area contributed by atoms with E-state index in [-0.39, 0.29) is 18.0 Å². The highest BCUT2D eigenvalue weighted by atomic mass is 79.9. The molecule has 0 atom stereocenters. The summed E-state index contributed by atoms with van der Waals surface area (Å²) in [6.07, 6.45) is 2.06. The highest BCUT2D eigenvalue weighted by Crippen LogP contribution is 2.29. The summed E-state index contributed by atoms with van der Waals surface area (Å²) in [5.41, 5.74) is 1.39. The van der Waals surface area contributed by atoms with Gasteiger partial charge in [-0.3, -0.25) is 4.79 Å². The number of carbonyl (C=O) groups excluding carboxylic acids is 1. The zero-order chi connectivity index (χ0) is 22.9. The third-order valence-electron chi connectivity index (χ3n) is 4.56. The van der Waals surface area contributed by atoms with Gasteiger partial charge < -0.3 is 19.9 Å². The van der Waals surface area contributed by atoms with Crippen LogP contribution in [-0.2, 0) is 16.0 Å². The first-order valence-electron chi connectivity index (χ1n) is 9.85. The zero-order valence-electron chi connectivity index (χ0n) is 17.4. The summed E-state index contributed by atoms with van der Waals surface area (Å²) in [6.45, 7) is 0. The van der Waals surface area contributed by atoms with Gasteiger partial charge in [-0.25, -0.2) is 4.79 Å². The van der Waals surface area contributed by atoms with E-state index in [1.165, 1.54) is 6.08 Å². The van der Waals surface area contributed by atoms with Crippen molar-refractivity contribution in [3.05, 3.63) is 94.1 Å². The summed E-state index contributed by atoms with van der Waals surface area (Å²) in [4.78, 5) is 23.9. The minimum absolute atomic E-state index is 0.162. The molecule has 0 saturated carbocycles. The lowest BCUT2D eigenvalue weighted by atomic mass is 10.1. The molecule has 3 aromatic carbocycles. The second kappa shape index (κ2) is 11.2. The van der Waals surface area contributed by atoms with Crippen molar-refractivity contribution in [1.82, 2.24) is 5.32 Å². The van der Waals surface area contributed by atoms with E-state index in [9.17, 15) is 14.7 Å². The third kappa shape index (κ3) is 6.72. The number of carboxylic acid groups (broad SMARTS) is 1. The number of nitrogens with one attached hydrogen (secondary N) is 1. The molecule has 0 bridgehead atoms. The lowest BCUT2D eigenvalue weighted by Crippen LogP contribution is -2.27. The molecule has 0 aliphatic heterocycles. The van der Waals surface area contributed by atoms with E-state index in [0.29, 0.717) is 23.5 Å². The van der Waals surface area contributed by atoms with E-state index in [2.05, 4.69) is 21.2 Å². The van der Waals surface area contributed by atoms with Gasteiger partial charge in [-0.1, -0.05) is 36.4 Å². The fraction of sp³-hybridized carbons (Fsp3) is 0.120. The molecule has 0 radical (unpaired) electrons. The van der Waals surface area contributed by atoms with E-state index < -0.39 is 5.97 Å². The number of rotatable bonds is 9. The van der Waals surface area contributed by atoms with Gasteiger partial charge in [0.05, 0.1) is 11.6 Å². The van der Waals surface area contributed by atoms with Crippen LogP contribution in [0.2, 0.25) is 0 Å². The van der Waals surface area contributed by atoms with Crippen molar-refractivity contribution < 1.29 is 24.2 Å². The van der Waals surface area contributed by atoms with Gasteiger partial charge in [0.15, 0.2) is 0 Å². The van der Waals surface area contributed by atoms with Crippen LogP contribution >= 0.6 is 15.9 Å². The summed E-state index contributed by atoms with van der Waals surface area (Å²) < 4.78 is 11.7. The number of aryl methyl sites for hydroxylation is 1. The molecule has 0 unspecified atom stereocenters. The van der Waals surface area contributed by atoms with Crippen LogP contribution in [0.1, 0.15) is 17.5 Å². The molecule has 1 amide bonds. The number of ether oxygens (including phenoxy) is 2. The number of amides is 1. The number of benzene rings is 3. The predicted molar refractivity (Wildman–Crippen MR) is 126 cm³/mol. The van der Waals surface area contributed by atoms with Crippen molar-refractivity contribution in [3.63, 3.8) is 0 Å². The van der Waals surface area contributed by atoms with Gasteiger partial charge in [-0.05, 0) is 76.0 Å². The van der Waals surface area contributed by atoms with E-state index >= 15 is 0 Å². The molecule has 32 heavy (non-hydrogen) atoms. The quantitative estimate of drug-likeness (QED) is 0.387. The molecule has 3 rings (SSSR count). The summed E-state index contributed by atoms with van der Waals surface area (Å²) in [5, 5.41) is 12.0. The number of carboxylic acids is 1. The Labute approximate surface area is 194 Å². The van der Waals surface area contributed by atoms with Crippen molar-refractivity contribution in [2.45, 2.75) is 12.8 Å². The van der Waals surface area contributed by atoms with Crippen LogP contribution in [0.25, 0.3) is 6.08 Å². The molecule has 0 aromatic heterocycles. The monoisotopic (exact) mass is 495 g/mol. The Balaban J connectivity index is 1.61. The fourth-order valence-corrected chi connectivity index (χ4v) is 3.23. The van der Waals surface area contributed by atoms with Crippen molar-refractivity contribution >= 4 is 33.9 Å². The highest BCUT2D eigenvalue weighted by molar-refractivity contribution is 9.10. The highest BCUT2D eigenvalue weighted by Gasteiger charge is 2.12. The molecule has 0 aliphatic carbocycles. The van der Waals surface area contributed by atoms with Gasteiger partial charge in [0, 0.05) is 6.42 Å². The van der Waals surface area contributed by atoms with Crippen LogP contribution in [-0.4, -0.2) is 24.1 Å². The van der Waals surface area contributed by atoms with Crippen molar-refractivity contribution in [2.24, 2.45) is 0 Å². The smallest absolute Gasteiger partial charge is 0.352 e. The van der Waals surface area contributed by atoms with Gasteiger partial charge >= 0.3 is 5.97 Å². The number of carbonyl (C=O) groups is 2. The molecule has 0 spiro atoms. The summed E-state index contributed by atoms with van der Waals surface area (Å²) in [7, 11) is 1.59. The molecule has 7 heteroatoms. The van der Waals surface area contributed by atoms with Crippen LogP contribution in [0.5, 0.6) is 17.2 Å². The predicted octanol–water partition coefficient (Wildman–Crippen LogP) is 5.42. The molecule has 2 N–H and O–H groups in total. The maximum atomic E-state index is 12.3. The Hall–Kier alpha value is -3.58. The molecule has 0 saturated heterocycles. The van der Waals surface area contributed by atoms with Gasteiger partial charge in [-0.15, -0.1) is 0 Å². The van der Waals surface area contributed by atoms with Crippen LogP contribution in [0, 0.1) is 0 Å². The van der Waals surface area contributed by atoms with Crippen molar-refractivity contribution in [2.75, 3.05) is 7.11 Å². The van der Waals surface area contributed by atoms with E-state index in [0.717, 1.165) is 15.8 Å². The number of methoxy groups -OCH3 is 1. The minimum Gasteiger partial charge on any atom is -0.497 e. The van der Waals surface area contributed by atoms with Gasteiger partial charge in [0.25, 0.3) is 0 Å². The number of aliphatic carboxylic acids is 1. The number of para-hydroxylation sites is 1. The number of halogens is 1. The summed E-state index contributed by atoms with van der Waals surface area (Å²) in [6, 6.07) is 21.8. The Morgan fingerprint density at radius 3 is 2.25 bits per heavy atom. The molecule has 0 aliphatic rings. The Kier molecular flexibility index (Phi) is 8.05. The normalized spacial score (nSPS) is 11.0. The Morgan fingerprint density at radius 2 is 1.62 bits per heavy atom. The fourth-order valence-electron chi connectivity index (χ4n) is 2.87. The van der Waals surface area contributed by atoms with Crippen molar-refractivity contribution in [3.8, 4) is 17.2 Å². The molecular formula is C25H22BrNO5. The SMILES string of the molecule is COc1ccc(CCC(=O)NC(=Cc2ccc(Oc3ccccc3Br)cc2)C(=O)O)cc1. The van der Waals surface area contributed by atoms with Gasteiger partial charge in [0.2, 0.25) is 5.91 Å². The second-order valence-electron chi connectivity index (χ2n) is 6.86. The molecule has 6 nitrogen and oxygen atoms in total. The second-order valence-corrected chi connectivity index (χ2v) is 7.72. The maximum absolute atomic E-state index is 12.3. The first-order chi connectivity index (χ1) is 15.4.